The van der Waals surface area contributed by atoms with Crippen LogP contribution in [0.4, 0.5) is 8.78 Å². The quantitative estimate of drug-likeness (QED) is 0.900. The zero-order valence-corrected chi connectivity index (χ0v) is 11.8. The van der Waals surface area contributed by atoms with Crippen LogP contribution in [0.3, 0.4) is 0 Å². The van der Waals surface area contributed by atoms with Gasteiger partial charge in [0.25, 0.3) is 0 Å². The Kier molecular flexibility index (Phi) is 4.01. The summed E-state index contributed by atoms with van der Waals surface area (Å²) >= 11 is 0. The molecule has 0 radical (unpaired) electrons. The summed E-state index contributed by atoms with van der Waals surface area (Å²) in [5.41, 5.74) is 7.43. The summed E-state index contributed by atoms with van der Waals surface area (Å²) in [4.78, 5) is 7.54. The number of nitrogens with two attached hydrogens (primary N) is 1. The van der Waals surface area contributed by atoms with E-state index >= 15 is 0 Å². The summed E-state index contributed by atoms with van der Waals surface area (Å²) in [5, 5.41) is 0. The monoisotopic (exact) mass is 291 g/mol. The highest BCUT2D eigenvalue weighted by atomic mass is 19.2. The van der Waals surface area contributed by atoms with Crippen molar-refractivity contribution >= 4 is 0 Å². The van der Waals surface area contributed by atoms with Gasteiger partial charge in [0.05, 0.1) is 11.7 Å². The van der Waals surface area contributed by atoms with Crippen LogP contribution in [0.25, 0.3) is 11.3 Å². The fraction of sp³-hybridized carbons (Fsp3) is 0.438. The maximum absolute atomic E-state index is 13.3. The van der Waals surface area contributed by atoms with Crippen molar-refractivity contribution in [2.75, 3.05) is 0 Å². The van der Waals surface area contributed by atoms with Gasteiger partial charge in [-0.2, -0.15) is 0 Å². The molecule has 1 fully saturated rings. The fourth-order valence-corrected chi connectivity index (χ4v) is 3.03. The molecule has 112 valence electrons. The maximum Gasteiger partial charge on any atom is 0.159 e. The minimum atomic E-state index is -0.867. The Morgan fingerprint density at radius 3 is 2.62 bits per heavy atom. The summed E-state index contributed by atoms with van der Waals surface area (Å²) < 4.78 is 26.3. The average Bonchev–Trinajstić information content (AvgIpc) is 3.00. The SMILES string of the molecule is NC(c1nc(-c2ccc(F)c(F)c2)c[nH]1)C1CCCCC1. The van der Waals surface area contributed by atoms with Crippen LogP contribution in [0, 0.1) is 17.6 Å². The highest BCUT2D eigenvalue weighted by Crippen LogP contribution is 2.32. The first kappa shape index (κ1) is 14.2. The molecule has 1 aromatic carbocycles. The lowest BCUT2D eigenvalue weighted by Gasteiger charge is -2.26. The van der Waals surface area contributed by atoms with Gasteiger partial charge in [0.15, 0.2) is 11.6 Å². The van der Waals surface area contributed by atoms with E-state index in [1.807, 2.05) is 0 Å². The molecule has 3 rings (SSSR count). The number of aromatic amines is 1. The number of H-pyrrole nitrogens is 1. The molecule has 0 spiro atoms. The molecule has 2 aromatic rings. The van der Waals surface area contributed by atoms with Gasteiger partial charge in [0, 0.05) is 11.8 Å². The Bertz CT molecular complexity index is 618. The van der Waals surface area contributed by atoms with Crippen molar-refractivity contribution in [3.63, 3.8) is 0 Å². The molecule has 0 bridgehead atoms. The third kappa shape index (κ3) is 2.97. The molecule has 0 aliphatic heterocycles. The zero-order valence-electron chi connectivity index (χ0n) is 11.8. The van der Waals surface area contributed by atoms with Crippen molar-refractivity contribution in [2.45, 2.75) is 38.1 Å². The van der Waals surface area contributed by atoms with Crippen LogP contribution in [-0.4, -0.2) is 9.97 Å². The molecule has 1 unspecified atom stereocenters. The number of imidazole rings is 1. The number of rotatable bonds is 3. The summed E-state index contributed by atoms with van der Waals surface area (Å²) in [6.07, 6.45) is 7.67. The van der Waals surface area contributed by atoms with Crippen LogP contribution in [0.2, 0.25) is 0 Å². The Hall–Kier alpha value is -1.75. The van der Waals surface area contributed by atoms with Crippen molar-refractivity contribution in [2.24, 2.45) is 11.7 Å². The van der Waals surface area contributed by atoms with Crippen LogP contribution in [0.5, 0.6) is 0 Å². The molecule has 1 saturated carbocycles. The predicted molar refractivity (Wildman–Crippen MR) is 77.4 cm³/mol. The number of aromatic nitrogens is 2. The van der Waals surface area contributed by atoms with E-state index < -0.39 is 11.6 Å². The molecule has 0 amide bonds. The summed E-state index contributed by atoms with van der Waals surface area (Å²) in [6.45, 7) is 0. The van der Waals surface area contributed by atoms with Gasteiger partial charge in [-0.25, -0.2) is 13.8 Å². The zero-order chi connectivity index (χ0) is 14.8. The highest BCUT2D eigenvalue weighted by molar-refractivity contribution is 5.58. The molecule has 5 heteroatoms. The van der Waals surface area contributed by atoms with Crippen LogP contribution in [0.1, 0.15) is 44.0 Å². The predicted octanol–water partition coefficient (Wildman–Crippen LogP) is 3.94. The van der Waals surface area contributed by atoms with E-state index in [9.17, 15) is 8.78 Å². The van der Waals surface area contributed by atoms with Gasteiger partial charge in [0.1, 0.15) is 5.82 Å². The molecule has 1 aliphatic carbocycles. The van der Waals surface area contributed by atoms with Crippen LogP contribution in [0.15, 0.2) is 24.4 Å². The molecule has 21 heavy (non-hydrogen) atoms. The van der Waals surface area contributed by atoms with Gasteiger partial charge in [0.2, 0.25) is 0 Å². The lowest BCUT2D eigenvalue weighted by atomic mass is 9.84. The lowest BCUT2D eigenvalue weighted by Crippen LogP contribution is -2.24. The normalized spacial score (nSPS) is 17.9. The summed E-state index contributed by atoms with van der Waals surface area (Å²) in [5.74, 6) is -0.550. The molecule has 1 heterocycles. The average molecular weight is 291 g/mol. The van der Waals surface area contributed by atoms with Crippen molar-refractivity contribution in [1.29, 1.82) is 0 Å². The van der Waals surface area contributed by atoms with Crippen molar-refractivity contribution in [1.82, 2.24) is 9.97 Å². The Morgan fingerprint density at radius 2 is 1.90 bits per heavy atom. The van der Waals surface area contributed by atoms with E-state index in [1.165, 1.54) is 25.3 Å². The van der Waals surface area contributed by atoms with E-state index in [2.05, 4.69) is 9.97 Å². The second kappa shape index (κ2) is 5.93. The first-order valence-electron chi connectivity index (χ1n) is 7.41. The first-order chi connectivity index (χ1) is 10.1. The number of nitrogens with one attached hydrogen (secondary N) is 1. The second-order valence-electron chi connectivity index (χ2n) is 5.72. The van der Waals surface area contributed by atoms with E-state index in [4.69, 9.17) is 5.73 Å². The number of hydrogen-bond acceptors (Lipinski definition) is 2. The molecule has 1 aliphatic rings. The molecule has 3 N–H and O–H groups in total. The second-order valence-corrected chi connectivity index (χ2v) is 5.72. The van der Waals surface area contributed by atoms with E-state index in [1.54, 1.807) is 6.20 Å². The first-order valence-corrected chi connectivity index (χ1v) is 7.41. The fourth-order valence-electron chi connectivity index (χ4n) is 3.03. The van der Waals surface area contributed by atoms with Gasteiger partial charge < -0.3 is 10.7 Å². The third-order valence-corrected chi connectivity index (χ3v) is 4.29. The van der Waals surface area contributed by atoms with E-state index in [-0.39, 0.29) is 6.04 Å². The minimum absolute atomic E-state index is 0.121. The number of nitrogens with zero attached hydrogens (tertiary/aromatic N) is 1. The third-order valence-electron chi connectivity index (χ3n) is 4.29. The van der Waals surface area contributed by atoms with Crippen LogP contribution >= 0.6 is 0 Å². The number of benzene rings is 1. The van der Waals surface area contributed by atoms with Gasteiger partial charge in [-0.05, 0) is 37.0 Å². The lowest BCUT2D eigenvalue weighted by molar-refractivity contribution is 0.302. The van der Waals surface area contributed by atoms with Crippen LogP contribution in [-0.2, 0) is 0 Å². The summed E-state index contributed by atoms with van der Waals surface area (Å²) in [7, 11) is 0. The molecule has 1 atom stereocenters. The highest BCUT2D eigenvalue weighted by Gasteiger charge is 2.24. The Labute approximate surface area is 122 Å². The topological polar surface area (TPSA) is 54.7 Å². The van der Waals surface area contributed by atoms with E-state index in [0.717, 1.165) is 30.8 Å². The standard InChI is InChI=1S/C16H19F2N3/c17-12-7-6-11(8-13(12)18)14-9-20-16(21-14)15(19)10-4-2-1-3-5-10/h6-10,15H,1-5,19H2,(H,20,21). The minimum Gasteiger partial charge on any atom is -0.347 e. The number of halogens is 2. The Balaban J connectivity index is 1.80. The van der Waals surface area contributed by atoms with Gasteiger partial charge >= 0.3 is 0 Å². The smallest absolute Gasteiger partial charge is 0.159 e. The van der Waals surface area contributed by atoms with Gasteiger partial charge in [-0.3, -0.25) is 0 Å². The van der Waals surface area contributed by atoms with Gasteiger partial charge in [-0.15, -0.1) is 0 Å². The largest absolute Gasteiger partial charge is 0.347 e. The van der Waals surface area contributed by atoms with Crippen LogP contribution < -0.4 is 5.73 Å². The molecule has 3 nitrogen and oxygen atoms in total. The van der Waals surface area contributed by atoms with Crippen molar-refractivity contribution in [3.05, 3.63) is 41.9 Å². The molecular formula is C16H19F2N3. The van der Waals surface area contributed by atoms with E-state index in [0.29, 0.717) is 17.2 Å². The van der Waals surface area contributed by atoms with Crippen molar-refractivity contribution < 1.29 is 8.78 Å². The molecule has 1 aromatic heterocycles. The van der Waals surface area contributed by atoms with Gasteiger partial charge in [-0.1, -0.05) is 19.3 Å². The molecule has 0 saturated heterocycles. The molecular weight excluding hydrogens is 272 g/mol. The number of hydrogen-bond donors (Lipinski definition) is 2. The maximum atomic E-state index is 13.3. The summed E-state index contributed by atoms with van der Waals surface area (Å²) in [6, 6.07) is 3.66. The Morgan fingerprint density at radius 1 is 1.14 bits per heavy atom. The van der Waals surface area contributed by atoms with Crippen molar-refractivity contribution in [3.8, 4) is 11.3 Å².